The molecule has 9 heteroatoms. The molecule has 5 rings (SSSR count). The van der Waals surface area contributed by atoms with Crippen molar-refractivity contribution in [3.63, 3.8) is 0 Å². The molecule has 0 N–H and O–H groups in total. The van der Waals surface area contributed by atoms with Crippen molar-refractivity contribution >= 4 is 58.4 Å². The van der Waals surface area contributed by atoms with E-state index in [1.807, 2.05) is 0 Å². The number of hydrogen-bond donors (Lipinski definition) is 0. The largest absolute Gasteiger partial charge is 0.443 e. The molecule has 1 saturated heterocycles. The molecule has 2 atom stereocenters. The summed E-state index contributed by atoms with van der Waals surface area (Å²) in [6.45, 7) is 5.11. The Morgan fingerprint density at radius 2 is 1.58 bits per heavy atom. The molecule has 2 aliphatic heterocycles. The highest BCUT2D eigenvalue weighted by molar-refractivity contribution is 6.42. The molecule has 194 valence electrons. The number of para-hydroxylation sites is 1. The van der Waals surface area contributed by atoms with Crippen molar-refractivity contribution in [2.45, 2.75) is 38.2 Å². The van der Waals surface area contributed by atoms with E-state index in [1.54, 1.807) is 75.4 Å². The van der Waals surface area contributed by atoms with Gasteiger partial charge in [0.05, 0.1) is 27.3 Å². The van der Waals surface area contributed by atoms with Crippen molar-refractivity contribution < 1.29 is 23.9 Å². The van der Waals surface area contributed by atoms with Gasteiger partial charge in [-0.1, -0.05) is 71.7 Å². The summed E-state index contributed by atoms with van der Waals surface area (Å²) in [5, 5.41) is 0.462. The number of halogens is 2. The second-order valence-corrected chi connectivity index (χ2v) is 11.0. The summed E-state index contributed by atoms with van der Waals surface area (Å²) in [6, 6.07) is 20.0. The number of fused-ring (bicyclic) bond motifs is 1. The maximum atomic E-state index is 14.5. The van der Waals surface area contributed by atoms with Gasteiger partial charge < -0.3 is 4.74 Å². The number of hydrogen-bond acceptors (Lipinski definition) is 5. The van der Waals surface area contributed by atoms with Crippen molar-refractivity contribution in [2.75, 3.05) is 9.80 Å². The van der Waals surface area contributed by atoms with Gasteiger partial charge >= 0.3 is 6.09 Å². The van der Waals surface area contributed by atoms with Gasteiger partial charge in [0.2, 0.25) is 11.8 Å². The third-order valence-electron chi connectivity index (χ3n) is 6.75. The fraction of sp³-hybridized carbons (Fsp3) is 0.241. The summed E-state index contributed by atoms with van der Waals surface area (Å²) in [6.07, 6.45) is -1.11. The Hall–Kier alpha value is -3.68. The van der Waals surface area contributed by atoms with Crippen LogP contribution in [0.3, 0.4) is 0 Å². The van der Waals surface area contributed by atoms with Crippen LogP contribution in [-0.2, 0) is 24.5 Å². The Labute approximate surface area is 229 Å². The maximum Gasteiger partial charge on any atom is 0.421 e. The lowest BCUT2D eigenvalue weighted by Crippen LogP contribution is -2.51. The van der Waals surface area contributed by atoms with E-state index in [4.69, 9.17) is 27.9 Å². The minimum atomic E-state index is -1.65. The quantitative estimate of drug-likeness (QED) is 0.365. The third-order valence-corrected chi connectivity index (χ3v) is 7.49. The summed E-state index contributed by atoms with van der Waals surface area (Å²) in [4.78, 5) is 57.3. The Morgan fingerprint density at radius 1 is 0.921 bits per heavy atom. The summed E-state index contributed by atoms with van der Waals surface area (Å²) >= 11 is 12.2. The van der Waals surface area contributed by atoms with Crippen molar-refractivity contribution in [2.24, 2.45) is 5.92 Å². The first-order chi connectivity index (χ1) is 18.0. The van der Waals surface area contributed by atoms with E-state index in [2.05, 4.69) is 0 Å². The minimum Gasteiger partial charge on any atom is -0.443 e. The van der Waals surface area contributed by atoms with E-state index in [1.165, 1.54) is 18.2 Å². The molecule has 0 spiro atoms. The second kappa shape index (κ2) is 9.26. The fourth-order valence-electron chi connectivity index (χ4n) is 5.28. The molecule has 0 radical (unpaired) electrons. The number of anilines is 2. The Morgan fingerprint density at radius 3 is 2.24 bits per heavy atom. The van der Waals surface area contributed by atoms with Crippen molar-refractivity contribution in [1.82, 2.24) is 0 Å². The molecule has 0 aromatic heterocycles. The lowest BCUT2D eigenvalue weighted by Gasteiger charge is -2.33. The van der Waals surface area contributed by atoms with Crippen LogP contribution in [0.5, 0.6) is 0 Å². The third kappa shape index (κ3) is 3.97. The molecule has 7 nitrogen and oxygen atoms in total. The van der Waals surface area contributed by atoms with E-state index in [0.29, 0.717) is 16.8 Å². The van der Waals surface area contributed by atoms with Gasteiger partial charge in [-0.3, -0.25) is 19.3 Å². The SMILES string of the molecule is CC(C)(C)OC(=O)N1C(=O)C(c2ccccc2)([C@@H]2CC(=O)N(c3ccc(Cl)c(Cl)c3)C2=O)c2ccccc21. The highest BCUT2D eigenvalue weighted by Crippen LogP contribution is 2.54. The van der Waals surface area contributed by atoms with Gasteiger partial charge in [-0.05, 0) is 56.2 Å². The van der Waals surface area contributed by atoms with Gasteiger partial charge in [-0.2, -0.15) is 0 Å². The Balaban J connectivity index is 1.71. The number of rotatable bonds is 3. The van der Waals surface area contributed by atoms with Gasteiger partial charge in [0.15, 0.2) is 0 Å². The zero-order chi connectivity index (χ0) is 27.4. The monoisotopic (exact) mass is 550 g/mol. The molecule has 3 aromatic carbocycles. The second-order valence-electron chi connectivity index (χ2n) is 10.2. The van der Waals surface area contributed by atoms with Crippen LogP contribution in [-0.4, -0.2) is 29.4 Å². The summed E-state index contributed by atoms with van der Waals surface area (Å²) in [5.41, 5.74) is -1.01. The summed E-state index contributed by atoms with van der Waals surface area (Å²) < 4.78 is 5.58. The molecule has 4 amide bonds. The van der Waals surface area contributed by atoms with Crippen molar-refractivity contribution in [3.05, 3.63) is 94.0 Å². The molecule has 2 aliphatic rings. The molecule has 0 aliphatic carbocycles. The number of carbonyl (C=O) groups excluding carboxylic acids is 4. The molecule has 0 saturated carbocycles. The van der Waals surface area contributed by atoms with Crippen LogP contribution in [0.25, 0.3) is 0 Å². The van der Waals surface area contributed by atoms with Crippen LogP contribution in [0.1, 0.15) is 38.3 Å². The first-order valence-electron chi connectivity index (χ1n) is 12.0. The molecule has 1 fully saturated rings. The number of imide groups is 2. The molecular weight excluding hydrogens is 527 g/mol. The van der Waals surface area contributed by atoms with Gasteiger partial charge in [-0.25, -0.2) is 9.69 Å². The van der Waals surface area contributed by atoms with E-state index in [-0.39, 0.29) is 22.2 Å². The van der Waals surface area contributed by atoms with Crippen LogP contribution in [0.15, 0.2) is 72.8 Å². The molecule has 3 aromatic rings. The number of carbonyl (C=O) groups is 4. The lowest BCUT2D eigenvalue weighted by molar-refractivity contribution is -0.130. The van der Waals surface area contributed by atoms with Crippen LogP contribution in [0.4, 0.5) is 16.2 Å². The number of benzene rings is 3. The Kier molecular flexibility index (Phi) is 6.32. The molecule has 1 unspecified atom stereocenters. The first-order valence-corrected chi connectivity index (χ1v) is 12.8. The fourth-order valence-corrected chi connectivity index (χ4v) is 5.57. The molecular formula is C29H24Cl2N2O5. The van der Waals surface area contributed by atoms with Gasteiger partial charge in [0, 0.05) is 6.42 Å². The summed E-state index contributed by atoms with van der Waals surface area (Å²) in [5.74, 6) is -2.85. The van der Waals surface area contributed by atoms with Gasteiger partial charge in [0.1, 0.15) is 11.0 Å². The number of nitrogens with zero attached hydrogens (tertiary/aromatic N) is 2. The topological polar surface area (TPSA) is 84.0 Å². The molecule has 38 heavy (non-hydrogen) atoms. The van der Waals surface area contributed by atoms with E-state index in [0.717, 1.165) is 9.80 Å². The number of amides is 4. The number of ether oxygens (including phenoxy) is 1. The van der Waals surface area contributed by atoms with Crippen LogP contribution >= 0.6 is 23.2 Å². The molecule has 2 heterocycles. The normalized spacial score (nSPS) is 21.2. The van der Waals surface area contributed by atoms with Crippen LogP contribution < -0.4 is 9.80 Å². The maximum absolute atomic E-state index is 14.5. The standard InChI is InChI=1S/C29H24Cl2N2O5/c1-28(2,3)38-27(37)33-23-12-8-7-11-19(23)29(26(33)36,17-9-5-4-6-10-17)20-16-24(34)32(25(20)35)18-13-14-21(30)22(31)15-18/h4-15,20H,16H2,1-3H3/t20-,29?/m1/s1. The lowest BCUT2D eigenvalue weighted by atomic mass is 9.65. The van der Waals surface area contributed by atoms with Crippen LogP contribution in [0, 0.1) is 5.92 Å². The predicted octanol–water partition coefficient (Wildman–Crippen LogP) is 6.14. The highest BCUT2D eigenvalue weighted by atomic mass is 35.5. The zero-order valence-electron chi connectivity index (χ0n) is 20.9. The zero-order valence-corrected chi connectivity index (χ0v) is 22.4. The average molecular weight is 551 g/mol. The minimum absolute atomic E-state index is 0.185. The average Bonchev–Trinajstić information content (AvgIpc) is 3.30. The van der Waals surface area contributed by atoms with Gasteiger partial charge in [-0.15, -0.1) is 0 Å². The molecule has 0 bridgehead atoms. The van der Waals surface area contributed by atoms with E-state index < -0.39 is 40.7 Å². The first kappa shape index (κ1) is 25.9. The predicted molar refractivity (Wildman–Crippen MR) is 144 cm³/mol. The highest BCUT2D eigenvalue weighted by Gasteiger charge is 2.64. The smallest absolute Gasteiger partial charge is 0.421 e. The van der Waals surface area contributed by atoms with E-state index >= 15 is 0 Å². The Bertz CT molecular complexity index is 1480. The van der Waals surface area contributed by atoms with Crippen molar-refractivity contribution in [3.8, 4) is 0 Å². The van der Waals surface area contributed by atoms with Crippen LogP contribution in [0.2, 0.25) is 10.0 Å². The summed E-state index contributed by atoms with van der Waals surface area (Å²) in [7, 11) is 0. The van der Waals surface area contributed by atoms with E-state index in [9.17, 15) is 19.2 Å². The van der Waals surface area contributed by atoms with Gasteiger partial charge in [0.25, 0.3) is 5.91 Å². The van der Waals surface area contributed by atoms with Crippen molar-refractivity contribution in [1.29, 1.82) is 0 Å².